The van der Waals surface area contributed by atoms with Crippen LogP contribution in [0.3, 0.4) is 0 Å². The van der Waals surface area contributed by atoms with Gasteiger partial charge in [0, 0.05) is 18.3 Å². The Morgan fingerprint density at radius 2 is 2.08 bits per heavy atom. The molecule has 130 valence electrons. The number of nitrogens with zero attached hydrogens (tertiary/aromatic N) is 2. The van der Waals surface area contributed by atoms with Gasteiger partial charge in [-0.1, -0.05) is 6.07 Å². The Bertz CT molecular complexity index is 650. The van der Waals surface area contributed by atoms with E-state index in [-0.39, 0.29) is 29.7 Å². The highest BCUT2D eigenvalue weighted by molar-refractivity contribution is 14.0. The highest BCUT2D eigenvalue weighted by Crippen LogP contribution is 2.23. The standard InChI is InChI=1S/C17H22N4O2.HI/c1-3-18-17(21-12-14-6-4-5-9-19-14)20-11-13-10-15(23-2)7-8-16(13)22;/h4-10,22H,3,11-12H2,1-2H3,(H2,18,20,21);1H. The molecule has 0 fully saturated rings. The Balaban J connectivity index is 0.00000288. The number of aromatic nitrogens is 1. The Kier molecular flexibility index (Phi) is 8.92. The number of aliphatic imine (C=N–C) groups is 1. The van der Waals surface area contributed by atoms with Crippen molar-refractivity contribution in [3.8, 4) is 11.5 Å². The largest absolute Gasteiger partial charge is 0.508 e. The number of aromatic hydroxyl groups is 1. The van der Waals surface area contributed by atoms with Crippen LogP contribution < -0.4 is 15.4 Å². The van der Waals surface area contributed by atoms with Crippen molar-refractivity contribution in [1.29, 1.82) is 0 Å². The van der Waals surface area contributed by atoms with Gasteiger partial charge in [-0.05, 0) is 37.3 Å². The zero-order valence-electron chi connectivity index (χ0n) is 13.8. The van der Waals surface area contributed by atoms with E-state index in [9.17, 15) is 5.11 Å². The molecule has 0 aliphatic heterocycles. The summed E-state index contributed by atoms with van der Waals surface area (Å²) in [6.45, 7) is 3.68. The maximum atomic E-state index is 9.91. The summed E-state index contributed by atoms with van der Waals surface area (Å²) >= 11 is 0. The van der Waals surface area contributed by atoms with Gasteiger partial charge in [0.05, 0.1) is 25.9 Å². The van der Waals surface area contributed by atoms with Crippen molar-refractivity contribution in [3.05, 3.63) is 53.9 Å². The van der Waals surface area contributed by atoms with Crippen LogP contribution in [0, 0.1) is 0 Å². The first-order chi connectivity index (χ1) is 11.2. The van der Waals surface area contributed by atoms with E-state index in [2.05, 4.69) is 20.6 Å². The number of guanidine groups is 1. The quantitative estimate of drug-likeness (QED) is 0.364. The lowest BCUT2D eigenvalue weighted by atomic mass is 10.2. The summed E-state index contributed by atoms with van der Waals surface area (Å²) in [5.41, 5.74) is 1.64. The predicted octanol–water partition coefficient (Wildman–Crippen LogP) is 2.67. The first-order valence-electron chi connectivity index (χ1n) is 7.51. The molecule has 0 spiro atoms. The van der Waals surface area contributed by atoms with E-state index in [0.29, 0.717) is 30.4 Å². The SMILES string of the molecule is CCNC(=NCc1cc(OC)ccc1O)NCc1ccccn1.I. The molecular formula is C17H23IN4O2. The Morgan fingerprint density at radius 1 is 1.25 bits per heavy atom. The second kappa shape index (κ2) is 10.7. The first kappa shape index (κ1) is 20.0. The Morgan fingerprint density at radius 3 is 2.75 bits per heavy atom. The maximum Gasteiger partial charge on any atom is 0.191 e. The Labute approximate surface area is 159 Å². The zero-order valence-corrected chi connectivity index (χ0v) is 16.2. The molecule has 7 heteroatoms. The number of phenols is 1. The normalized spacial score (nSPS) is 10.7. The fourth-order valence-electron chi connectivity index (χ4n) is 2.00. The molecule has 0 amide bonds. The lowest BCUT2D eigenvalue weighted by Gasteiger charge is -2.11. The molecule has 3 N–H and O–H groups in total. The van der Waals surface area contributed by atoms with Crippen LogP contribution in [0.1, 0.15) is 18.2 Å². The van der Waals surface area contributed by atoms with Crippen LogP contribution >= 0.6 is 24.0 Å². The molecule has 24 heavy (non-hydrogen) atoms. The maximum absolute atomic E-state index is 9.91. The fourth-order valence-corrected chi connectivity index (χ4v) is 2.00. The van der Waals surface area contributed by atoms with Crippen LogP contribution in [0.15, 0.2) is 47.6 Å². The van der Waals surface area contributed by atoms with Crippen LogP contribution in [0.5, 0.6) is 11.5 Å². The summed E-state index contributed by atoms with van der Waals surface area (Å²) in [6, 6.07) is 10.9. The van der Waals surface area contributed by atoms with Gasteiger partial charge in [0.25, 0.3) is 0 Å². The van der Waals surface area contributed by atoms with Gasteiger partial charge in [0.15, 0.2) is 5.96 Å². The number of methoxy groups -OCH3 is 1. The molecule has 0 unspecified atom stereocenters. The van der Waals surface area contributed by atoms with Crippen molar-refractivity contribution >= 4 is 29.9 Å². The number of phenolic OH excluding ortho intramolecular Hbond substituents is 1. The molecule has 0 atom stereocenters. The van der Waals surface area contributed by atoms with Crippen LogP contribution in [0.25, 0.3) is 0 Å². The van der Waals surface area contributed by atoms with Crippen molar-refractivity contribution < 1.29 is 9.84 Å². The number of benzene rings is 1. The molecule has 0 saturated carbocycles. The van der Waals surface area contributed by atoms with Gasteiger partial charge < -0.3 is 20.5 Å². The number of halogens is 1. The highest BCUT2D eigenvalue weighted by atomic mass is 127. The van der Waals surface area contributed by atoms with Crippen molar-refractivity contribution in [2.24, 2.45) is 4.99 Å². The summed E-state index contributed by atoms with van der Waals surface area (Å²) in [4.78, 5) is 8.75. The average molecular weight is 442 g/mol. The van der Waals surface area contributed by atoms with Gasteiger partial charge in [-0.3, -0.25) is 4.98 Å². The second-order valence-corrected chi connectivity index (χ2v) is 4.86. The van der Waals surface area contributed by atoms with Crippen molar-refractivity contribution in [2.45, 2.75) is 20.0 Å². The van der Waals surface area contributed by atoms with Gasteiger partial charge >= 0.3 is 0 Å². The molecule has 0 aliphatic carbocycles. The first-order valence-corrected chi connectivity index (χ1v) is 7.51. The summed E-state index contributed by atoms with van der Waals surface area (Å²) < 4.78 is 5.17. The third-order valence-corrected chi connectivity index (χ3v) is 3.20. The smallest absolute Gasteiger partial charge is 0.191 e. The summed E-state index contributed by atoms with van der Waals surface area (Å²) in [7, 11) is 1.60. The number of hydrogen-bond acceptors (Lipinski definition) is 4. The summed E-state index contributed by atoms with van der Waals surface area (Å²) in [6.07, 6.45) is 1.76. The van der Waals surface area contributed by atoms with E-state index in [1.807, 2.05) is 25.1 Å². The molecule has 6 nitrogen and oxygen atoms in total. The fraction of sp³-hybridized carbons (Fsp3) is 0.294. The predicted molar refractivity (Wildman–Crippen MR) is 106 cm³/mol. The number of ether oxygens (including phenoxy) is 1. The third kappa shape index (κ3) is 6.23. The molecule has 2 aromatic rings. The van der Waals surface area contributed by atoms with E-state index < -0.39 is 0 Å². The Hall–Kier alpha value is -2.03. The monoisotopic (exact) mass is 442 g/mol. The minimum absolute atomic E-state index is 0. The van der Waals surface area contributed by atoms with E-state index in [4.69, 9.17) is 4.74 Å². The minimum Gasteiger partial charge on any atom is -0.508 e. The number of pyridine rings is 1. The van der Waals surface area contributed by atoms with Crippen molar-refractivity contribution in [1.82, 2.24) is 15.6 Å². The van der Waals surface area contributed by atoms with Gasteiger partial charge in [-0.25, -0.2) is 4.99 Å². The molecular weight excluding hydrogens is 419 g/mol. The number of hydrogen-bond donors (Lipinski definition) is 3. The van der Waals surface area contributed by atoms with Gasteiger partial charge in [0.2, 0.25) is 0 Å². The van der Waals surface area contributed by atoms with Crippen LogP contribution in [0.2, 0.25) is 0 Å². The molecule has 0 radical (unpaired) electrons. The van der Waals surface area contributed by atoms with E-state index >= 15 is 0 Å². The van der Waals surface area contributed by atoms with Crippen molar-refractivity contribution in [3.63, 3.8) is 0 Å². The molecule has 1 aromatic carbocycles. The second-order valence-electron chi connectivity index (χ2n) is 4.86. The van der Waals surface area contributed by atoms with Crippen LogP contribution in [-0.2, 0) is 13.1 Å². The van der Waals surface area contributed by atoms with E-state index in [1.165, 1.54) is 0 Å². The summed E-state index contributed by atoms with van der Waals surface area (Å²) in [5, 5.41) is 16.3. The van der Waals surface area contributed by atoms with Gasteiger partial charge in [-0.2, -0.15) is 0 Å². The zero-order chi connectivity index (χ0) is 16.5. The van der Waals surface area contributed by atoms with Crippen LogP contribution in [-0.4, -0.2) is 29.7 Å². The van der Waals surface area contributed by atoms with Gasteiger partial charge in [0.1, 0.15) is 11.5 Å². The average Bonchev–Trinajstić information content (AvgIpc) is 2.59. The minimum atomic E-state index is 0. The molecule has 1 heterocycles. The number of nitrogens with one attached hydrogen (secondary N) is 2. The number of rotatable bonds is 6. The molecule has 2 rings (SSSR count). The third-order valence-electron chi connectivity index (χ3n) is 3.20. The topological polar surface area (TPSA) is 78.8 Å². The van der Waals surface area contributed by atoms with E-state index in [1.54, 1.807) is 31.5 Å². The molecule has 0 saturated heterocycles. The molecule has 0 aliphatic rings. The van der Waals surface area contributed by atoms with Crippen molar-refractivity contribution in [2.75, 3.05) is 13.7 Å². The lowest BCUT2D eigenvalue weighted by molar-refractivity contribution is 0.411. The molecule has 1 aromatic heterocycles. The molecule has 0 bridgehead atoms. The van der Waals surface area contributed by atoms with Gasteiger partial charge in [-0.15, -0.1) is 24.0 Å². The highest BCUT2D eigenvalue weighted by Gasteiger charge is 2.04. The van der Waals surface area contributed by atoms with E-state index in [0.717, 1.165) is 12.2 Å². The lowest BCUT2D eigenvalue weighted by Crippen LogP contribution is -2.37. The van der Waals surface area contributed by atoms with Crippen LogP contribution in [0.4, 0.5) is 0 Å². The summed E-state index contributed by atoms with van der Waals surface area (Å²) in [5.74, 6) is 1.56.